The minimum Gasteiger partial charge on any atom is -0.497 e. The van der Waals surface area contributed by atoms with E-state index < -0.39 is 28.4 Å². The van der Waals surface area contributed by atoms with E-state index in [1.807, 2.05) is 24.3 Å². The van der Waals surface area contributed by atoms with E-state index in [1.165, 1.54) is 7.11 Å². The fraction of sp³-hybridized carbons (Fsp3) is 0.238. The van der Waals surface area contributed by atoms with Crippen LogP contribution in [0.3, 0.4) is 0 Å². The second kappa shape index (κ2) is 9.01. The smallest absolute Gasteiger partial charge is 0.268 e. The average molecular weight is 493 g/mol. The number of methoxy groups -OCH3 is 1. The van der Waals surface area contributed by atoms with E-state index in [-0.39, 0.29) is 23.4 Å². The zero-order chi connectivity index (χ0) is 21.9. The summed E-state index contributed by atoms with van der Waals surface area (Å²) >= 11 is 3.36. The molecule has 1 N–H and O–H groups in total. The Morgan fingerprint density at radius 1 is 1.17 bits per heavy atom. The van der Waals surface area contributed by atoms with Crippen molar-refractivity contribution in [2.75, 3.05) is 13.7 Å². The van der Waals surface area contributed by atoms with Crippen molar-refractivity contribution in [3.05, 3.63) is 69.7 Å². The van der Waals surface area contributed by atoms with Crippen LogP contribution in [0.25, 0.3) is 4.91 Å². The third-order valence-corrected chi connectivity index (χ3v) is 7.04. The number of benzene rings is 2. The van der Waals surface area contributed by atoms with Gasteiger partial charge >= 0.3 is 0 Å². The molecule has 2 aromatic rings. The van der Waals surface area contributed by atoms with Crippen molar-refractivity contribution in [2.45, 2.75) is 19.9 Å². The Morgan fingerprint density at radius 2 is 1.87 bits per heavy atom. The number of carbonyl (C=O) groups is 2. The van der Waals surface area contributed by atoms with Gasteiger partial charge in [-0.25, -0.2) is 12.7 Å². The first kappa shape index (κ1) is 22.0. The summed E-state index contributed by atoms with van der Waals surface area (Å²) in [5, 5.41) is 2.66. The molecule has 0 atom stereocenters. The summed E-state index contributed by atoms with van der Waals surface area (Å²) in [6.07, 6.45) is 0.232. The molecule has 0 unspecified atom stereocenters. The number of rotatable bonds is 7. The van der Waals surface area contributed by atoms with Crippen molar-refractivity contribution < 1.29 is 22.7 Å². The van der Waals surface area contributed by atoms with E-state index in [2.05, 4.69) is 21.2 Å². The molecular weight excluding hydrogens is 472 g/mol. The minimum atomic E-state index is -4.14. The fourth-order valence-corrected chi connectivity index (χ4v) is 5.45. The van der Waals surface area contributed by atoms with E-state index >= 15 is 0 Å². The highest BCUT2D eigenvalue weighted by atomic mass is 79.9. The van der Waals surface area contributed by atoms with Crippen molar-refractivity contribution in [2.24, 2.45) is 0 Å². The molecule has 30 heavy (non-hydrogen) atoms. The van der Waals surface area contributed by atoms with E-state index in [1.54, 1.807) is 31.2 Å². The second-order valence-electron chi connectivity index (χ2n) is 6.61. The lowest BCUT2D eigenvalue weighted by molar-refractivity contribution is -0.128. The van der Waals surface area contributed by atoms with E-state index in [4.69, 9.17) is 4.74 Å². The lowest BCUT2D eigenvalue weighted by Gasteiger charge is -2.16. The maximum Gasteiger partial charge on any atom is 0.268 e. The predicted molar refractivity (Wildman–Crippen MR) is 117 cm³/mol. The Morgan fingerprint density at radius 3 is 2.47 bits per heavy atom. The molecule has 2 amide bonds. The monoisotopic (exact) mass is 492 g/mol. The van der Waals surface area contributed by atoms with Gasteiger partial charge in [0.2, 0.25) is 5.91 Å². The first-order chi connectivity index (χ1) is 14.3. The van der Waals surface area contributed by atoms with Crippen molar-refractivity contribution in [1.29, 1.82) is 0 Å². The van der Waals surface area contributed by atoms with Crippen molar-refractivity contribution in [1.82, 2.24) is 9.62 Å². The molecule has 9 heteroatoms. The second-order valence-corrected chi connectivity index (χ2v) is 9.33. The van der Waals surface area contributed by atoms with Crippen LogP contribution in [0, 0.1) is 0 Å². The number of hydrogen-bond donors (Lipinski definition) is 1. The Labute approximate surface area is 183 Å². The predicted octanol–water partition coefficient (Wildman–Crippen LogP) is 3.07. The molecule has 2 aromatic carbocycles. The standard InChI is InChI=1S/C21H21BrN2O5S/c1-3-18-20(15-7-9-17(29-2)10-8-15)30(27,28)24(21(18)26)13-19(25)23-12-14-5-4-6-16(22)11-14/h4-11H,3,12-13H2,1-2H3,(H,23,25). The number of ether oxygens (including phenoxy) is 1. The zero-order valence-electron chi connectivity index (χ0n) is 16.5. The van der Waals surface area contributed by atoms with Gasteiger partial charge in [0.05, 0.1) is 7.11 Å². The van der Waals surface area contributed by atoms with Crippen LogP contribution >= 0.6 is 15.9 Å². The normalized spacial score (nSPS) is 15.4. The molecule has 158 valence electrons. The number of carbonyl (C=O) groups excluding carboxylic acids is 2. The third kappa shape index (κ3) is 4.41. The number of sulfonamides is 1. The fourth-order valence-electron chi connectivity index (χ4n) is 3.19. The molecule has 1 aliphatic heterocycles. The van der Waals surface area contributed by atoms with Crippen LogP contribution in [-0.2, 0) is 26.2 Å². The Hall–Kier alpha value is -2.65. The van der Waals surface area contributed by atoms with Gasteiger partial charge in [-0.05, 0) is 53.9 Å². The summed E-state index contributed by atoms with van der Waals surface area (Å²) < 4.78 is 32.8. The van der Waals surface area contributed by atoms with Crippen LogP contribution in [0.5, 0.6) is 5.75 Å². The highest BCUT2D eigenvalue weighted by molar-refractivity contribution is 9.10. The molecule has 0 bridgehead atoms. The van der Waals surface area contributed by atoms with Gasteiger partial charge in [0.15, 0.2) is 0 Å². The summed E-state index contributed by atoms with van der Waals surface area (Å²) in [5.74, 6) is -0.651. The van der Waals surface area contributed by atoms with E-state index in [9.17, 15) is 18.0 Å². The maximum absolute atomic E-state index is 13.1. The van der Waals surface area contributed by atoms with E-state index in [0.717, 1.165) is 10.0 Å². The van der Waals surface area contributed by atoms with Crippen molar-refractivity contribution in [3.8, 4) is 5.75 Å². The molecule has 0 aromatic heterocycles. The molecule has 3 rings (SSSR count). The summed E-state index contributed by atoms with van der Waals surface area (Å²) in [6.45, 7) is 1.36. The third-order valence-electron chi connectivity index (χ3n) is 4.68. The number of amides is 2. The van der Waals surface area contributed by atoms with Gasteiger partial charge in [0.1, 0.15) is 17.2 Å². The molecule has 0 aliphatic carbocycles. The lowest BCUT2D eigenvalue weighted by atomic mass is 10.1. The molecule has 0 saturated heterocycles. The number of hydrogen-bond acceptors (Lipinski definition) is 5. The van der Waals surface area contributed by atoms with Gasteiger partial charge < -0.3 is 10.1 Å². The number of nitrogens with one attached hydrogen (secondary N) is 1. The maximum atomic E-state index is 13.1. The summed E-state index contributed by atoms with van der Waals surface area (Å²) in [6, 6.07) is 13.8. The quantitative estimate of drug-likeness (QED) is 0.640. The molecule has 1 aliphatic rings. The van der Waals surface area contributed by atoms with Crippen molar-refractivity contribution in [3.63, 3.8) is 0 Å². The first-order valence-electron chi connectivity index (χ1n) is 9.23. The van der Waals surface area contributed by atoms with Crippen LogP contribution < -0.4 is 10.1 Å². The Balaban J connectivity index is 1.79. The highest BCUT2D eigenvalue weighted by Crippen LogP contribution is 2.37. The molecule has 0 radical (unpaired) electrons. The van der Waals surface area contributed by atoms with E-state index in [0.29, 0.717) is 15.6 Å². The van der Waals surface area contributed by atoms with Gasteiger partial charge in [-0.1, -0.05) is 35.0 Å². The van der Waals surface area contributed by atoms with Gasteiger partial charge in [-0.15, -0.1) is 0 Å². The largest absolute Gasteiger partial charge is 0.497 e. The lowest BCUT2D eigenvalue weighted by Crippen LogP contribution is -2.41. The molecule has 0 fully saturated rings. The molecule has 0 saturated carbocycles. The Bertz CT molecular complexity index is 1110. The number of halogens is 1. The topological polar surface area (TPSA) is 92.8 Å². The molecule has 1 heterocycles. The molecule has 7 nitrogen and oxygen atoms in total. The van der Waals surface area contributed by atoms with Crippen LogP contribution in [0.15, 0.2) is 58.6 Å². The highest BCUT2D eigenvalue weighted by Gasteiger charge is 2.44. The van der Waals surface area contributed by atoms with Crippen LogP contribution in [0.2, 0.25) is 0 Å². The average Bonchev–Trinajstić information content (AvgIpc) is 2.92. The first-order valence-corrected chi connectivity index (χ1v) is 11.5. The molecular formula is C21H21BrN2O5S. The van der Waals surface area contributed by atoms with Crippen molar-refractivity contribution >= 4 is 42.7 Å². The molecule has 0 spiro atoms. The summed E-state index contributed by atoms with van der Waals surface area (Å²) in [7, 11) is -2.63. The van der Waals surface area contributed by atoms with Gasteiger partial charge in [0.25, 0.3) is 15.9 Å². The SMILES string of the molecule is CCC1=C(c2ccc(OC)cc2)S(=O)(=O)N(CC(=O)NCc2cccc(Br)c2)C1=O. The van der Waals surface area contributed by atoms with Gasteiger partial charge in [-0.3, -0.25) is 9.59 Å². The van der Waals surface area contributed by atoms with Crippen LogP contribution in [0.4, 0.5) is 0 Å². The summed E-state index contributed by atoms with van der Waals surface area (Å²) in [5.41, 5.74) is 1.40. The zero-order valence-corrected chi connectivity index (χ0v) is 18.9. The van der Waals surface area contributed by atoms with Crippen LogP contribution in [0.1, 0.15) is 24.5 Å². The summed E-state index contributed by atoms with van der Waals surface area (Å²) in [4.78, 5) is 25.1. The minimum absolute atomic E-state index is 0.0579. The Kier molecular flexibility index (Phi) is 6.62. The number of nitrogens with zero attached hydrogens (tertiary/aromatic N) is 1. The van der Waals surface area contributed by atoms with Gasteiger partial charge in [0, 0.05) is 16.6 Å². The van der Waals surface area contributed by atoms with Crippen LogP contribution in [-0.4, -0.2) is 38.2 Å². The van der Waals surface area contributed by atoms with Gasteiger partial charge in [-0.2, -0.15) is 0 Å².